The van der Waals surface area contributed by atoms with Gasteiger partial charge in [0, 0.05) is 6.54 Å². The Morgan fingerprint density at radius 3 is 2.31 bits per heavy atom. The molecule has 0 spiro atoms. The zero-order valence-corrected chi connectivity index (χ0v) is 14.7. The van der Waals surface area contributed by atoms with Gasteiger partial charge in [0.1, 0.15) is 17.2 Å². The monoisotopic (exact) mass is 359 g/mol. The summed E-state index contributed by atoms with van der Waals surface area (Å²) >= 11 is 0. The number of carbonyl (C=O) groups excluding carboxylic acids is 1. The predicted molar refractivity (Wildman–Crippen MR) is 95.2 cm³/mol. The molecule has 0 aliphatic carbocycles. The van der Waals surface area contributed by atoms with E-state index in [0.717, 1.165) is 5.56 Å². The maximum atomic E-state index is 12.4. The largest absolute Gasteiger partial charge is 0.497 e. The van der Waals surface area contributed by atoms with Crippen LogP contribution in [-0.4, -0.2) is 44.4 Å². The molecule has 0 fully saturated rings. The molecule has 138 valence electrons. The average molecular weight is 359 g/mol. The minimum atomic E-state index is -1.02. The van der Waals surface area contributed by atoms with Crippen molar-refractivity contribution in [1.82, 2.24) is 5.32 Å². The Bertz CT molecular complexity index is 757. The molecule has 0 bridgehead atoms. The number of aliphatic carboxylic acids is 1. The lowest BCUT2D eigenvalue weighted by atomic mass is 10.1. The second-order valence-electron chi connectivity index (χ2n) is 5.40. The van der Waals surface area contributed by atoms with Gasteiger partial charge in [-0.1, -0.05) is 12.1 Å². The first-order valence-electron chi connectivity index (χ1n) is 7.97. The number of benzene rings is 2. The third kappa shape index (κ3) is 5.41. The van der Waals surface area contributed by atoms with Crippen molar-refractivity contribution in [2.75, 3.05) is 27.4 Å². The van der Waals surface area contributed by atoms with E-state index in [0.29, 0.717) is 35.8 Å². The smallest absolute Gasteiger partial charge is 0.341 e. The lowest BCUT2D eigenvalue weighted by Gasteiger charge is -2.11. The molecule has 7 heteroatoms. The molecule has 0 aliphatic heterocycles. The highest BCUT2D eigenvalue weighted by Crippen LogP contribution is 2.23. The minimum absolute atomic E-state index is 0.248. The summed E-state index contributed by atoms with van der Waals surface area (Å²) < 4.78 is 15.4. The summed E-state index contributed by atoms with van der Waals surface area (Å²) in [5, 5.41) is 11.4. The van der Waals surface area contributed by atoms with E-state index in [1.165, 1.54) is 14.2 Å². The number of nitrogens with one attached hydrogen (secondary N) is 1. The van der Waals surface area contributed by atoms with Crippen LogP contribution in [0.3, 0.4) is 0 Å². The Morgan fingerprint density at radius 1 is 1.00 bits per heavy atom. The summed E-state index contributed by atoms with van der Waals surface area (Å²) in [6, 6.07) is 12.1. The third-order valence-electron chi connectivity index (χ3n) is 3.64. The van der Waals surface area contributed by atoms with Crippen molar-refractivity contribution >= 4 is 11.9 Å². The fourth-order valence-corrected chi connectivity index (χ4v) is 2.30. The van der Waals surface area contributed by atoms with Crippen molar-refractivity contribution in [1.29, 1.82) is 0 Å². The number of carboxylic acids is 1. The minimum Gasteiger partial charge on any atom is -0.497 e. The van der Waals surface area contributed by atoms with Crippen LogP contribution in [0, 0.1) is 0 Å². The van der Waals surface area contributed by atoms with Crippen LogP contribution in [0.4, 0.5) is 0 Å². The standard InChI is InChI=1S/C19H21NO6/c1-24-15-7-8-17(25-2)16(11-15)19(23)20-10-9-13-3-5-14(6-4-13)26-12-18(21)22/h3-8,11H,9-10,12H2,1-2H3,(H,20,23)(H,21,22). The van der Waals surface area contributed by atoms with Gasteiger partial charge in [-0.3, -0.25) is 4.79 Å². The SMILES string of the molecule is COc1ccc(OC)c(C(=O)NCCc2ccc(OCC(=O)O)cc2)c1. The average Bonchev–Trinajstić information content (AvgIpc) is 2.66. The molecule has 7 nitrogen and oxygen atoms in total. The number of hydrogen-bond donors (Lipinski definition) is 2. The molecular weight excluding hydrogens is 338 g/mol. The highest BCUT2D eigenvalue weighted by atomic mass is 16.5. The van der Waals surface area contributed by atoms with E-state index >= 15 is 0 Å². The fourth-order valence-electron chi connectivity index (χ4n) is 2.30. The van der Waals surface area contributed by atoms with Gasteiger partial charge >= 0.3 is 5.97 Å². The summed E-state index contributed by atoms with van der Waals surface area (Å²) in [7, 11) is 3.04. The molecule has 0 aliphatic rings. The summed E-state index contributed by atoms with van der Waals surface area (Å²) in [4.78, 5) is 22.8. The van der Waals surface area contributed by atoms with Gasteiger partial charge in [0.25, 0.3) is 5.91 Å². The lowest BCUT2D eigenvalue weighted by Crippen LogP contribution is -2.26. The third-order valence-corrected chi connectivity index (χ3v) is 3.64. The number of hydrogen-bond acceptors (Lipinski definition) is 5. The topological polar surface area (TPSA) is 94.1 Å². The number of carboxylic acid groups (broad SMARTS) is 1. The summed E-state index contributed by atoms with van der Waals surface area (Å²) in [5.74, 6) is 0.268. The van der Waals surface area contributed by atoms with Crippen LogP contribution in [0.1, 0.15) is 15.9 Å². The van der Waals surface area contributed by atoms with Crippen LogP contribution in [-0.2, 0) is 11.2 Å². The highest BCUT2D eigenvalue weighted by Gasteiger charge is 2.13. The molecule has 0 unspecified atom stereocenters. The first-order valence-corrected chi connectivity index (χ1v) is 7.97. The van der Waals surface area contributed by atoms with Crippen molar-refractivity contribution < 1.29 is 28.9 Å². The summed E-state index contributed by atoms with van der Waals surface area (Å²) in [5.41, 5.74) is 1.40. The van der Waals surface area contributed by atoms with Crippen LogP contribution >= 0.6 is 0 Å². The number of amides is 1. The Balaban J connectivity index is 1.89. The number of methoxy groups -OCH3 is 2. The van der Waals surface area contributed by atoms with Crippen LogP contribution in [0.25, 0.3) is 0 Å². The van der Waals surface area contributed by atoms with Crippen LogP contribution in [0.2, 0.25) is 0 Å². The Kier molecular flexibility index (Phi) is 6.84. The van der Waals surface area contributed by atoms with Crippen LogP contribution in [0.15, 0.2) is 42.5 Å². The van der Waals surface area contributed by atoms with Gasteiger partial charge in [0.15, 0.2) is 6.61 Å². The Hall–Kier alpha value is -3.22. The molecule has 0 radical (unpaired) electrons. The van der Waals surface area contributed by atoms with Crippen molar-refractivity contribution in [3.63, 3.8) is 0 Å². The molecule has 0 saturated heterocycles. The van der Waals surface area contributed by atoms with E-state index in [9.17, 15) is 9.59 Å². The molecular formula is C19H21NO6. The second-order valence-corrected chi connectivity index (χ2v) is 5.40. The Morgan fingerprint density at radius 2 is 1.69 bits per heavy atom. The Labute approximate surface area is 151 Å². The van der Waals surface area contributed by atoms with Gasteiger partial charge in [-0.25, -0.2) is 4.79 Å². The van der Waals surface area contributed by atoms with Gasteiger partial charge < -0.3 is 24.6 Å². The van der Waals surface area contributed by atoms with E-state index in [1.807, 2.05) is 12.1 Å². The van der Waals surface area contributed by atoms with E-state index in [1.54, 1.807) is 30.3 Å². The molecule has 26 heavy (non-hydrogen) atoms. The van der Waals surface area contributed by atoms with E-state index in [2.05, 4.69) is 5.32 Å². The first kappa shape index (κ1) is 19.1. The van der Waals surface area contributed by atoms with Gasteiger partial charge in [-0.2, -0.15) is 0 Å². The molecule has 2 rings (SSSR count). The van der Waals surface area contributed by atoms with E-state index in [4.69, 9.17) is 19.3 Å². The molecule has 2 N–H and O–H groups in total. The van der Waals surface area contributed by atoms with E-state index < -0.39 is 5.97 Å². The molecule has 0 heterocycles. The number of rotatable bonds is 9. The highest BCUT2D eigenvalue weighted by molar-refractivity contribution is 5.97. The fraction of sp³-hybridized carbons (Fsp3) is 0.263. The molecule has 0 atom stereocenters. The zero-order chi connectivity index (χ0) is 18.9. The number of ether oxygens (including phenoxy) is 3. The van der Waals surface area contributed by atoms with Crippen molar-refractivity contribution in [2.45, 2.75) is 6.42 Å². The molecule has 0 aromatic heterocycles. The summed E-state index contributed by atoms with van der Waals surface area (Å²) in [6.07, 6.45) is 0.622. The molecule has 1 amide bonds. The predicted octanol–water partition coefficient (Wildman–Crippen LogP) is 2.14. The van der Waals surface area contributed by atoms with Gasteiger partial charge in [-0.15, -0.1) is 0 Å². The quantitative estimate of drug-likeness (QED) is 0.712. The molecule has 0 saturated carbocycles. The van der Waals surface area contributed by atoms with Crippen LogP contribution in [0.5, 0.6) is 17.2 Å². The summed E-state index contributed by atoms with van der Waals surface area (Å²) in [6.45, 7) is 0.0618. The molecule has 2 aromatic rings. The second kappa shape index (κ2) is 9.31. The van der Waals surface area contributed by atoms with Crippen molar-refractivity contribution in [2.24, 2.45) is 0 Å². The van der Waals surface area contributed by atoms with Crippen LogP contribution < -0.4 is 19.5 Å². The van der Waals surface area contributed by atoms with E-state index in [-0.39, 0.29) is 12.5 Å². The van der Waals surface area contributed by atoms with Crippen molar-refractivity contribution in [3.05, 3.63) is 53.6 Å². The lowest BCUT2D eigenvalue weighted by molar-refractivity contribution is -0.139. The first-order chi connectivity index (χ1) is 12.5. The maximum absolute atomic E-state index is 12.4. The van der Waals surface area contributed by atoms with Gasteiger partial charge in [0.2, 0.25) is 0 Å². The van der Waals surface area contributed by atoms with Gasteiger partial charge in [0.05, 0.1) is 19.8 Å². The maximum Gasteiger partial charge on any atom is 0.341 e. The number of carbonyl (C=O) groups is 2. The molecule has 2 aromatic carbocycles. The zero-order valence-electron chi connectivity index (χ0n) is 14.7. The normalized spacial score (nSPS) is 10.1. The van der Waals surface area contributed by atoms with Crippen molar-refractivity contribution in [3.8, 4) is 17.2 Å². The van der Waals surface area contributed by atoms with Gasteiger partial charge in [-0.05, 0) is 42.3 Å².